The Morgan fingerprint density at radius 1 is 1.00 bits per heavy atom. The minimum absolute atomic E-state index is 0.0124. The molecule has 3 aromatic rings. The minimum Gasteiger partial charge on any atom is -0.336 e. The smallest absolute Gasteiger partial charge is 0.257 e. The molecule has 0 radical (unpaired) electrons. The lowest BCUT2D eigenvalue weighted by Crippen LogP contribution is -2.50. The first-order valence-corrected chi connectivity index (χ1v) is 11.2. The summed E-state index contributed by atoms with van der Waals surface area (Å²) >= 11 is 0. The van der Waals surface area contributed by atoms with Crippen molar-refractivity contribution in [3.63, 3.8) is 0 Å². The fraction of sp³-hybridized carbons (Fsp3) is 0.320. The van der Waals surface area contributed by atoms with Crippen molar-refractivity contribution in [2.75, 3.05) is 38.0 Å². The summed E-state index contributed by atoms with van der Waals surface area (Å²) < 4.78 is 14.9. The number of carbonyl (C=O) groups is 2. The van der Waals surface area contributed by atoms with Crippen LogP contribution >= 0.6 is 0 Å². The molecule has 33 heavy (non-hydrogen) atoms. The van der Waals surface area contributed by atoms with E-state index in [0.717, 1.165) is 17.7 Å². The Morgan fingerprint density at radius 2 is 1.70 bits per heavy atom. The Balaban J connectivity index is 1.32. The molecule has 2 amide bonds. The normalized spacial score (nSPS) is 14.3. The maximum atomic E-state index is 13.2. The lowest BCUT2D eigenvalue weighted by Gasteiger charge is -2.34. The topological polar surface area (TPSA) is 70.5 Å². The summed E-state index contributed by atoms with van der Waals surface area (Å²) in [5.41, 5.74) is 3.29. The second-order valence-corrected chi connectivity index (χ2v) is 8.13. The van der Waals surface area contributed by atoms with Crippen LogP contribution < -0.4 is 5.32 Å². The van der Waals surface area contributed by atoms with Crippen molar-refractivity contribution in [1.82, 2.24) is 19.6 Å². The summed E-state index contributed by atoms with van der Waals surface area (Å²) in [6.07, 6.45) is 2.39. The van der Waals surface area contributed by atoms with Gasteiger partial charge >= 0.3 is 0 Å². The van der Waals surface area contributed by atoms with E-state index in [1.807, 2.05) is 51.7 Å². The monoisotopic (exact) mass is 449 g/mol. The SMILES string of the molecule is CCc1c(C(=O)N2CCN(CC(=O)Nc3ccc(F)cc3)CC2)cnn1Cc1ccccc1. The highest BCUT2D eigenvalue weighted by Gasteiger charge is 2.26. The zero-order chi connectivity index (χ0) is 23.2. The first-order chi connectivity index (χ1) is 16.0. The molecule has 1 aliphatic rings. The molecule has 1 N–H and O–H groups in total. The number of benzene rings is 2. The molecule has 1 aliphatic heterocycles. The largest absolute Gasteiger partial charge is 0.336 e. The van der Waals surface area contributed by atoms with Crippen LogP contribution in [0.2, 0.25) is 0 Å². The predicted octanol–water partition coefficient (Wildman–Crippen LogP) is 3.03. The molecule has 172 valence electrons. The second-order valence-electron chi connectivity index (χ2n) is 8.13. The van der Waals surface area contributed by atoms with E-state index in [4.69, 9.17) is 0 Å². The van der Waals surface area contributed by atoms with Gasteiger partial charge in [0.25, 0.3) is 5.91 Å². The molecule has 1 saturated heterocycles. The number of amides is 2. The number of hydrogen-bond acceptors (Lipinski definition) is 4. The zero-order valence-electron chi connectivity index (χ0n) is 18.7. The van der Waals surface area contributed by atoms with E-state index in [1.165, 1.54) is 24.3 Å². The van der Waals surface area contributed by atoms with Crippen LogP contribution in [0.1, 0.15) is 28.5 Å². The molecule has 2 aromatic carbocycles. The van der Waals surface area contributed by atoms with Gasteiger partial charge in [0, 0.05) is 31.9 Å². The van der Waals surface area contributed by atoms with Gasteiger partial charge in [0.15, 0.2) is 0 Å². The van der Waals surface area contributed by atoms with Crippen LogP contribution in [0.4, 0.5) is 10.1 Å². The van der Waals surface area contributed by atoms with Crippen molar-refractivity contribution >= 4 is 17.5 Å². The van der Waals surface area contributed by atoms with Gasteiger partial charge in [-0.2, -0.15) is 5.10 Å². The summed E-state index contributed by atoms with van der Waals surface area (Å²) in [6, 6.07) is 15.8. The van der Waals surface area contributed by atoms with E-state index >= 15 is 0 Å². The van der Waals surface area contributed by atoms with Gasteiger partial charge in [0.1, 0.15) is 5.82 Å². The van der Waals surface area contributed by atoms with Crippen molar-refractivity contribution in [3.05, 3.63) is 83.4 Å². The van der Waals surface area contributed by atoms with Gasteiger partial charge in [-0.3, -0.25) is 19.2 Å². The molecule has 0 saturated carbocycles. The fourth-order valence-corrected chi connectivity index (χ4v) is 4.07. The van der Waals surface area contributed by atoms with Crippen LogP contribution in [0, 0.1) is 5.82 Å². The quantitative estimate of drug-likeness (QED) is 0.602. The maximum Gasteiger partial charge on any atom is 0.257 e. The van der Waals surface area contributed by atoms with Gasteiger partial charge in [-0.25, -0.2) is 4.39 Å². The van der Waals surface area contributed by atoms with Crippen LogP contribution in [0.3, 0.4) is 0 Å². The maximum absolute atomic E-state index is 13.2. The Hall–Kier alpha value is -3.52. The van der Waals surface area contributed by atoms with Crippen LogP contribution in [0.5, 0.6) is 0 Å². The standard InChI is InChI=1S/C25H28FN5O2/c1-2-23-22(16-27-31(23)17-19-6-4-3-5-7-19)25(33)30-14-12-29(13-15-30)18-24(32)28-21-10-8-20(26)9-11-21/h3-11,16H,2,12-15,17-18H2,1H3,(H,28,32). The number of nitrogens with zero attached hydrogens (tertiary/aromatic N) is 4. The van der Waals surface area contributed by atoms with Gasteiger partial charge in [-0.15, -0.1) is 0 Å². The number of hydrogen-bond donors (Lipinski definition) is 1. The Morgan fingerprint density at radius 3 is 2.36 bits per heavy atom. The van der Waals surface area contributed by atoms with Crippen LogP contribution in [0.25, 0.3) is 0 Å². The molecule has 8 heteroatoms. The molecule has 0 unspecified atom stereocenters. The molecule has 4 rings (SSSR count). The first kappa shape index (κ1) is 22.7. The number of anilines is 1. The van der Waals surface area contributed by atoms with E-state index in [2.05, 4.69) is 10.4 Å². The summed E-state index contributed by atoms with van der Waals surface area (Å²) in [4.78, 5) is 29.3. The molecule has 2 heterocycles. The Bertz CT molecular complexity index is 1090. The molecule has 0 spiro atoms. The van der Waals surface area contributed by atoms with Gasteiger partial charge in [0.2, 0.25) is 5.91 Å². The molecule has 1 fully saturated rings. The highest BCUT2D eigenvalue weighted by atomic mass is 19.1. The summed E-state index contributed by atoms with van der Waals surface area (Å²) in [5, 5.41) is 7.26. The van der Waals surface area contributed by atoms with Gasteiger partial charge in [0.05, 0.1) is 30.5 Å². The first-order valence-electron chi connectivity index (χ1n) is 11.2. The number of piperazine rings is 1. The van der Waals surface area contributed by atoms with E-state index < -0.39 is 0 Å². The molecule has 7 nitrogen and oxygen atoms in total. The van der Waals surface area contributed by atoms with Crippen molar-refractivity contribution in [1.29, 1.82) is 0 Å². The van der Waals surface area contributed by atoms with Gasteiger partial charge in [-0.05, 0) is 36.2 Å². The fourth-order valence-electron chi connectivity index (χ4n) is 4.07. The lowest BCUT2D eigenvalue weighted by molar-refractivity contribution is -0.117. The highest BCUT2D eigenvalue weighted by Crippen LogP contribution is 2.16. The Labute approximate surface area is 192 Å². The summed E-state index contributed by atoms with van der Waals surface area (Å²) in [7, 11) is 0. The highest BCUT2D eigenvalue weighted by molar-refractivity contribution is 5.95. The Kier molecular flexibility index (Phi) is 7.14. The number of nitrogens with one attached hydrogen (secondary N) is 1. The van der Waals surface area contributed by atoms with Crippen molar-refractivity contribution in [3.8, 4) is 0 Å². The molecule has 1 aromatic heterocycles. The lowest BCUT2D eigenvalue weighted by atomic mass is 10.1. The average molecular weight is 450 g/mol. The summed E-state index contributed by atoms with van der Waals surface area (Å²) in [6.45, 7) is 5.23. The van der Waals surface area contributed by atoms with Crippen molar-refractivity contribution in [2.45, 2.75) is 19.9 Å². The minimum atomic E-state index is -0.342. The van der Waals surface area contributed by atoms with Gasteiger partial charge in [-0.1, -0.05) is 37.3 Å². The number of rotatable bonds is 7. The molecule has 0 aliphatic carbocycles. The van der Waals surface area contributed by atoms with Crippen LogP contribution in [-0.4, -0.2) is 64.1 Å². The van der Waals surface area contributed by atoms with E-state index in [1.54, 1.807) is 6.20 Å². The van der Waals surface area contributed by atoms with Gasteiger partial charge < -0.3 is 10.2 Å². The van der Waals surface area contributed by atoms with Crippen molar-refractivity contribution < 1.29 is 14.0 Å². The summed E-state index contributed by atoms with van der Waals surface area (Å²) in [5.74, 6) is -0.510. The molecular formula is C25H28FN5O2. The predicted molar refractivity (Wildman–Crippen MR) is 125 cm³/mol. The van der Waals surface area contributed by atoms with E-state index in [-0.39, 0.29) is 24.2 Å². The number of halogens is 1. The zero-order valence-corrected chi connectivity index (χ0v) is 18.7. The molecule has 0 bridgehead atoms. The average Bonchev–Trinajstić information content (AvgIpc) is 3.23. The molecule has 0 atom stereocenters. The third-order valence-corrected chi connectivity index (χ3v) is 5.84. The molecular weight excluding hydrogens is 421 g/mol. The second kappa shape index (κ2) is 10.4. The number of aromatic nitrogens is 2. The van der Waals surface area contributed by atoms with E-state index in [9.17, 15) is 14.0 Å². The third-order valence-electron chi connectivity index (χ3n) is 5.84. The van der Waals surface area contributed by atoms with E-state index in [0.29, 0.717) is 44.0 Å². The van der Waals surface area contributed by atoms with Crippen LogP contribution in [0.15, 0.2) is 60.8 Å². The number of carbonyl (C=O) groups excluding carboxylic acids is 2. The van der Waals surface area contributed by atoms with Crippen LogP contribution in [-0.2, 0) is 17.8 Å². The third kappa shape index (κ3) is 5.64. The van der Waals surface area contributed by atoms with Crippen molar-refractivity contribution in [2.24, 2.45) is 0 Å².